The van der Waals surface area contributed by atoms with Crippen LogP contribution in [0.2, 0.25) is 0 Å². The lowest BCUT2D eigenvalue weighted by molar-refractivity contribution is -0.127. The fourth-order valence-electron chi connectivity index (χ4n) is 2.07. The molecule has 1 aliphatic carbocycles. The van der Waals surface area contributed by atoms with E-state index in [1.165, 1.54) is 19.3 Å². The summed E-state index contributed by atoms with van der Waals surface area (Å²) >= 11 is 0. The smallest absolute Gasteiger partial charge is 0.220 e. The molecule has 0 aromatic carbocycles. The van der Waals surface area contributed by atoms with E-state index in [2.05, 4.69) is 5.32 Å². The standard InChI is InChI=1S/C13H23NO2/c1-10(2)12(15)8-9-13(16)14-11-6-4-3-5-7-11/h10-11H,3-9H2,1-2H3,(H,14,16). The van der Waals surface area contributed by atoms with E-state index < -0.39 is 0 Å². The minimum Gasteiger partial charge on any atom is -0.353 e. The SMILES string of the molecule is CC(C)C(=O)CCC(=O)NC1CCCCC1. The number of nitrogens with one attached hydrogen (secondary N) is 1. The summed E-state index contributed by atoms with van der Waals surface area (Å²) in [6, 6.07) is 0.357. The molecule has 0 aliphatic heterocycles. The topological polar surface area (TPSA) is 46.2 Å². The van der Waals surface area contributed by atoms with E-state index in [1.54, 1.807) is 0 Å². The molecular formula is C13H23NO2. The van der Waals surface area contributed by atoms with Gasteiger partial charge in [0.2, 0.25) is 5.91 Å². The number of carbonyl (C=O) groups is 2. The van der Waals surface area contributed by atoms with Crippen LogP contribution < -0.4 is 5.32 Å². The van der Waals surface area contributed by atoms with Gasteiger partial charge in [-0.15, -0.1) is 0 Å². The van der Waals surface area contributed by atoms with Gasteiger partial charge in [0.15, 0.2) is 0 Å². The summed E-state index contributed by atoms with van der Waals surface area (Å²) in [5, 5.41) is 3.02. The van der Waals surface area contributed by atoms with Crippen LogP contribution in [0.5, 0.6) is 0 Å². The number of rotatable bonds is 5. The molecule has 0 bridgehead atoms. The van der Waals surface area contributed by atoms with E-state index in [0.29, 0.717) is 18.9 Å². The lowest BCUT2D eigenvalue weighted by Gasteiger charge is -2.22. The Hall–Kier alpha value is -0.860. The van der Waals surface area contributed by atoms with Crippen LogP contribution in [0.25, 0.3) is 0 Å². The minimum absolute atomic E-state index is 0.0425. The van der Waals surface area contributed by atoms with E-state index in [1.807, 2.05) is 13.8 Å². The van der Waals surface area contributed by atoms with E-state index in [9.17, 15) is 9.59 Å². The zero-order valence-corrected chi connectivity index (χ0v) is 10.4. The number of hydrogen-bond donors (Lipinski definition) is 1. The highest BCUT2D eigenvalue weighted by Crippen LogP contribution is 2.17. The Balaban J connectivity index is 2.17. The van der Waals surface area contributed by atoms with Crippen LogP contribution in [0, 0.1) is 5.92 Å². The molecule has 0 atom stereocenters. The maximum Gasteiger partial charge on any atom is 0.220 e. The Morgan fingerprint density at radius 1 is 1.12 bits per heavy atom. The molecule has 3 nitrogen and oxygen atoms in total. The Kier molecular flexibility index (Phi) is 5.50. The molecule has 1 saturated carbocycles. The quantitative estimate of drug-likeness (QED) is 0.781. The second-order valence-corrected chi connectivity index (χ2v) is 5.02. The van der Waals surface area contributed by atoms with Gasteiger partial charge in [0.05, 0.1) is 0 Å². The molecule has 0 saturated heterocycles. The monoisotopic (exact) mass is 225 g/mol. The van der Waals surface area contributed by atoms with Gasteiger partial charge in [0.25, 0.3) is 0 Å². The molecule has 0 aromatic heterocycles. The average molecular weight is 225 g/mol. The first-order chi connectivity index (χ1) is 7.59. The second kappa shape index (κ2) is 6.66. The fourth-order valence-corrected chi connectivity index (χ4v) is 2.07. The Bertz CT molecular complexity index is 242. The van der Waals surface area contributed by atoms with Crippen LogP contribution in [0.15, 0.2) is 0 Å². The molecule has 1 N–H and O–H groups in total. The summed E-state index contributed by atoms with van der Waals surface area (Å²) in [4.78, 5) is 22.9. The summed E-state index contributed by atoms with van der Waals surface area (Å²) in [6.07, 6.45) is 6.67. The van der Waals surface area contributed by atoms with Gasteiger partial charge in [-0.25, -0.2) is 0 Å². The first-order valence-corrected chi connectivity index (χ1v) is 6.41. The molecule has 0 radical (unpaired) electrons. The summed E-state index contributed by atoms with van der Waals surface area (Å²) < 4.78 is 0. The van der Waals surface area contributed by atoms with Crippen molar-refractivity contribution in [2.45, 2.75) is 64.8 Å². The fraction of sp³-hybridized carbons (Fsp3) is 0.846. The van der Waals surface area contributed by atoms with E-state index in [-0.39, 0.29) is 17.6 Å². The summed E-state index contributed by atoms with van der Waals surface area (Å²) in [7, 11) is 0. The number of amides is 1. The molecule has 1 aliphatic rings. The molecule has 3 heteroatoms. The van der Waals surface area contributed by atoms with Crippen molar-refractivity contribution in [3.05, 3.63) is 0 Å². The Morgan fingerprint density at radius 3 is 2.31 bits per heavy atom. The van der Waals surface area contributed by atoms with E-state index in [0.717, 1.165) is 12.8 Å². The van der Waals surface area contributed by atoms with Crippen molar-refractivity contribution >= 4 is 11.7 Å². The van der Waals surface area contributed by atoms with Crippen LogP contribution >= 0.6 is 0 Å². The molecule has 92 valence electrons. The average Bonchev–Trinajstić information content (AvgIpc) is 2.27. The number of Topliss-reactive ketones (excluding diaryl/α,β-unsaturated/α-hetero) is 1. The van der Waals surface area contributed by atoms with Crippen molar-refractivity contribution in [3.63, 3.8) is 0 Å². The first kappa shape index (κ1) is 13.2. The van der Waals surface area contributed by atoms with Crippen LogP contribution in [0.1, 0.15) is 58.8 Å². The molecule has 0 aromatic rings. The maximum atomic E-state index is 11.6. The Labute approximate surface area is 98.0 Å². The van der Waals surface area contributed by atoms with Crippen molar-refractivity contribution < 1.29 is 9.59 Å². The molecule has 1 amide bonds. The minimum atomic E-state index is 0.0425. The molecule has 16 heavy (non-hydrogen) atoms. The van der Waals surface area contributed by atoms with Gasteiger partial charge in [0.1, 0.15) is 5.78 Å². The third kappa shape index (κ3) is 4.77. The van der Waals surface area contributed by atoms with Crippen LogP contribution in [0.3, 0.4) is 0 Å². The van der Waals surface area contributed by atoms with Crippen molar-refractivity contribution in [3.8, 4) is 0 Å². The van der Waals surface area contributed by atoms with Gasteiger partial charge in [-0.1, -0.05) is 33.1 Å². The Morgan fingerprint density at radius 2 is 1.75 bits per heavy atom. The largest absolute Gasteiger partial charge is 0.353 e. The van der Waals surface area contributed by atoms with Gasteiger partial charge >= 0.3 is 0 Å². The highest BCUT2D eigenvalue weighted by Gasteiger charge is 2.16. The van der Waals surface area contributed by atoms with Gasteiger partial charge in [0, 0.05) is 24.8 Å². The van der Waals surface area contributed by atoms with E-state index in [4.69, 9.17) is 0 Å². The van der Waals surface area contributed by atoms with Crippen LogP contribution in [-0.4, -0.2) is 17.7 Å². The number of carbonyl (C=O) groups excluding carboxylic acids is 2. The molecule has 1 fully saturated rings. The lowest BCUT2D eigenvalue weighted by atomic mass is 9.95. The van der Waals surface area contributed by atoms with Gasteiger partial charge in [-0.2, -0.15) is 0 Å². The predicted octanol–water partition coefficient (Wildman–Crippen LogP) is 2.44. The highest BCUT2D eigenvalue weighted by atomic mass is 16.2. The normalized spacial score (nSPS) is 17.4. The first-order valence-electron chi connectivity index (χ1n) is 6.41. The summed E-state index contributed by atoms with van der Waals surface area (Å²) in [5.41, 5.74) is 0. The van der Waals surface area contributed by atoms with Crippen molar-refractivity contribution in [1.29, 1.82) is 0 Å². The molecule has 0 unspecified atom stereocenters. The molecule has 0 heterocycles. The van der Waals surface area contributed by atoms with Gasteiger partial charge in [-0.3, -0.25) is 9.59 Å². The van der Waals surface area contributed by atoms with Crippen LogP contribution in [-0.2, 0) is 9.59 Å². The van der Waals surface area contributed by atoms with Crippen molar-refractivity contribution in [2.24, 2.45) is 5.92 Å². The summed E-state index contributed by atoms with van der Waals surface area (Å²) in [5.74, 6) is 0.266. The third-order valence-corrected chi connectivity index (χ3v) is 3.21. The number of ketones is 1. The van der Waals surface area contributed by atoms with E-state index >= 15 is 0 Å². The summed E-state index contributed by atoms with van der Waals surface area (Å²) in [6.45, 7) is 3.75. The van der Waals surface area contributed by atoms with Crippen LogP contribution in [0.4, 0.5) is 0 Å². The highest BCUT2D eigenvalue weighted by molar-refractivity contribution is 5.86. The third-order valence-electron chi connectivity index (χ3n) is 3.21. The number of hydrogen-bond acceptors (Lipinski definition) is 2. The zero-order chi connectivity index (χ0) is 12.0. The van der Waals surface area contributed by atoms with Crippen molar-refractivity contribution in [1.82, 2.24) is 5.32 Å². The second-order valence-electron chi connectivity index (χ2n) is 5.02. The molecule has 0 spiro atoms. The zero-order valence-electron chi connectivity index (χ0n) is 10.4. The predicted molar refractivity (Wildman–Crippen MR) is 64.1 cm³/mol. The lowest BCUT2D eigenvalue weighted by Crippen LogP contribution is -2.36. The van der Waals surface area contributed by atoms with Crippen molar-refractivity contribution in [2.75, 3.05) is 0 Å². The maximum absolute atomic E-state index is 11.6. The molecular weight excluding hydrogens is 202 g/mol. The van der Waals surface area contributed by atoms with Gasteiger partial charge < -0.3 is 5.32 Å². The van der Waals surface area contributed by atoms with Gasteiger partial charge in [-0.05, 0) is 12.8 Å². The molecule has 1 rings (SSSR count).